The number of rotatable bonds is 8. The summed E-state index contributed by atoms with van der Waals surface area (Å²) in [4.78, 5) is 35.2. The zero-order chi connectivity index (χ0) is 21.5. The summed E-state index contributed by atoms with van der Waals surface area (Å²) in [5.74, 6) is -2.16. The molecule has 0 aliphatic rings. The Morgan fingerprint density at radius 3 is 2.29 bits per heavy atom. The number of benzene rings is 1. The molecule has 0 aromatic heterocycles. The average molecular weight is 413 g/mol. The van der Waals surface area contributed by atoms with Gasteiger partial charge in [0.1, 0.15) is 6.04 Å². The predicted molar refractivity (Wildman–Crippen MR) is 103 cm³/mol. The summed E-state index contributed by atoms with van der Waals surface area (Å²) in [5, 5.41) is 4.34. The SMILES string of the molecule is CCNC(=O)NC(=O)COC(=O)[C@H](NS(=O)(=O)c1ccc(C)c(C)c1)C(C)C. The first-order valence-corrected chi connectivity index (χ1v) is 10.3. The number of hydrogen-bond donors (Lipinski definition) is 3. The molecule has 9 nitrogen and oxygen atoms in total. The third-order valence-corrected chi connectivity index (χ3v) is 5.37. The molecular formula is C18H27N3O6S. The van der Waals surface area contributed by atoms with E-state index in [0.717, 1.165) is 11.1 Å². The second kappa shape index (κ2) is 10.2. The molecule has 0 aliphatic carbocycles. The lowest BCUT2D eigenvalue weighted by molar-refractivity contribution is -0.150. The van der Waals surface area contributed by atoms with Gasteiger partial charge < -0.3 is 10.1 Å². The van der Waals surface area contributed by atoms with Gasteiger partial charge in [-0.25, -0.2) is 13.2 Å². The molecule has 0 saturated carbocycles. The van der Waals surface area contributed by atoms with Gasteiger partial charge in [0, 0.05) is 6.54 Å². The topological polar surface area (TPSA) is 131 Å². The Labute approximate surface area is 165 Å². The number of sulfonamides is 1. The van der Waals surface area contributed by atoms with Crippen molar-refractivity contribution >= 4 is 27.9 Å². The molecule has 10 heteroatoms. The van der Waals surface area contributed by atoms with Gasteiger partial charge in [-0.05, 0) is 49.9 Å². The Morgan fingerprint density at radius 2 is 1.75 bits per heavy atom. The molecule has 0 heterocycles. The van der Waals surface area contributed by atoms with E-state index in [4.69, 9.17) is 4.74 Å². The highest BCUT2D eigenvalue weighted by Crippen LogP contribution is 2.16. The molecule has 1 aromatic rings. The minimum absolute atomic E-state index is 0.0306. The first-order valence-electron chi connectivity index (χ1n) is 8.81. The van der Waals surface area contributed by atoms with Gasteiger partial charge in [0.15, 0.2) is 6.61 Å². The number of hydrogen-bond acceptors (Lipinski definition) is 6. The monoisotopic (exact) mass is 413 g/mol. The molecule has 1 aromatic carbocycles. The van der Waals surface area contributed by atoms with Crippen LogP contribution in [0, 0.1) is 19.8 Å². The molecule has 0 unspecified atom stereocenters. The second-order valence-electron chi connectivity index (χ2n) is 6.60. The van der Waals surface area contributed by atoms with Gasteiger partial charge in [0.2, 0.25) is 10.0 Å². The van der Waals surface area contributed by atoms with Crippen LogP contribution in [0.3, 0.4) is 0 Å². The first kappa shape index (κ1) is 23.6. The highest BCUT2D eigenvalue weighted by Gasteiger charge is 2.30. The molecule has 156 valence electrons. The van der Waals surface area contributed by atoms with Crippen LogP contribution in [0.1, 0.15) is 31.9 Å². The molecule has 0 saturated heterocycles. The van der Waals surface area contributed by atoms with Crippen molar-refractivity contribution < 1.29 is 27.5 Å². The number of ether oxygens (including phenoxy) is 1. The van der Waals surface area contributed by atoms with Crippen LogP contribution in [0.2, 0.25) is 0 Å². The zero-order valence-corrected chi connectivity index (χ0v) is 17.5. The molecule has 0 fully saturated rings. The van der Waals surface area contributed by atoms with Crippen LogP contribution in [-0.4, -0.2) is 45.5 Å². The van der Waals surface area contributed by atoms with Gasteiger partial charge >= 0.3 is 12.0 Å². The van der Waals surface area contributed by atoms with E-state index in [-0.39, 0.29) is 4.90 Å². The van der Waals surface area contributed by atoms with E-state index < -0.39 is 46.5 Å². The third-order valence-electron chi connectivity index (χ3n) is 3.93. The standard InChI is InChI=1S/C18H27N3O6S/c1-6-19-18(24)20-15(22)10-27-17(23)16(11(2)3)21-28(25,26)14-8-7-12(4)13(5)9-14/h7-9,11,16,21H,6,10H2,1-5H3,(H2,19,20,22,24)/t16-/m1/s1. The normalized spacial score (nSPS) is 12.4. The number of urea groups is 1. The summed E-state index contributed by atoms with van der Waals surface area (Å²) in [6.07, 6.45) is 0. The summed E-state index contributed by atoms with van der Waals surface area (Å²) in [6.45, 7) is 8.24. The maximum atomic E-state index is 12.6. The van der Waals surface area contributed by atoms with E-state index in [1.165, 1.54) is 12.1 Å². The number of esters is 1. The van der Waals surface area contributed by atoms with Crippen LogP contribution in [-0.2, 0) is 24.3 Å². The number of nitrogens with one attached hydrogen (secondary N) is 3. The molecule has 0 aliphatic heterocycles. The Balaban J connectivity index is 2.81. The Kier molecular flexibility index (Phi) is 8.58. The largest absolute Gasteiger partial charge is 0.454 e. The summed E-state index contributed by atoms with van der Waals surface area (Å²) < 4.78 is 32.4. The van der Waals surface area contributed by atoms with Gasteiger partial charge in [0.05, 0.1) is 4.90 Å². The van der Waals surface area contributed by atoms with E-state index in [2.05, 4.69) is 10.0 Å². The predicted octanol–water partition coefficient (Wildman–Crippen LogP) is 0.995. The van der Waals surface area contributed by atoms with Gasteiger partial charge in [0.25, 0.3) is 5.91 Å². The molecule has 0 radical (unpaired) electrons. The van der Waals surface area contributed by atoms with Crippen molar-refractivity contribution in [3.8, 4) is 0 Å². The summed E-state index contributed by atoms with van der Waals surface area (Å²) in [5.41, 5.74) is 1.74. The van der Waals surface area contributed by atoms with E-state index in [1.807, 2.05) is 12.2 Å². The molecule has 1 rings (SSSR count). The maximum absolute atomic E-state index is 12.6. The highest BCUT2D eigenvalue weighted by atomic mass is 32.2. The molecule has 28 heavy (non-hydrogen) atoms. The number of carbonyl (C=O) groups excluding carboxylic acids is 3. The van der Waals surface area contributed by atoms with Crippen LogP contribution < -0.4 is 15.4 Å². The van der Waals surface area contributed by atoms with Crippen LogP contribution in [0.15, 0.2) is 23.1 Å². The fourth-order valence-corrected chi connectivity index (χ4v) is 3.58. The van der Waals surface area contributed by atoms with E-state index in [0.29, 0.717) is 6.54 Å². The number of carbonyl (C=O) groups is 3. The number of aryl methyl sites for hydroxylation is 2. The highest BCUT2D eigenvalue weighted by molar-refractivity contribution is 7.89. The van der Waals surface area contributed by atoms with E-state index in [1.54, 1.807) is 33.8 Å². The average Bonchev–Trinajstić information content (AvgIpc) is 2.59. The molecular weight excluding hydrogens is 386 g/mol. The second-order valence-corrected chi connectivity index (χ2v) is 8.32. The van der Waals surface area contributed by atoms with Gasteiger partial charge in [-0.2, -0.15) is 4.72 Å². The quantitative estimate of drug-likeness (QED) is 0.545. The van der Waals surface area contributed by atoms with Crippen molar-refractivity contribution in [2.75, 3.05) is 13.2 Å². The smallest absolute Gasteiger partial charge is 0.324 e. The molecule has 0 bridgehead atoms. The summed E-state index contributed by atoms with van der Waals surface area (Å²) in [6, 6.07) is 2.74. The zero-order valence-electron chi connectivity index (χ0n) is 16.7. The Bertz CT molecular complexity index is 836. The third kappa shape index (κ3) is 6.93. The van der Waals surface area contributed by atoms with Crippen molar-refractivity contribution in [2.24, 2.45) is 5.92 Å². The van der Waals surface area contributed by atoms with Crippen molar-refractivity contribution in [1.29, 1.82) is 0 Å². The minimum atomic E-state index is -3.97. The first-order chi connectivity index (χ1) is 13.0. The fraction of sp³-hybridized carbons (Fsp3) is 0.500. The Morgan fingerprint density at radius 1 is 1.11 bits per heavy atom. The van der Waals surface area contributed by atoms with Gasteiger partial charge in [-0.15, -0.1) is 0 Å². The minimum Gasteiger partial charge on any atom is -0.454 e. The van der Waals surface area contributed by atoms with E-state index in [9.17, 15) is 22.8 Å². The molecule has 1 atom stereocenters. The fourth-order valence-electron chi connectivity index (χ4n) is 2.17. The van der Waals surface area contributed by atoms with E-state index >= 15 is 0 Å². The number of imide groups is 1. The molecule has 0 spiro atoms. The lowest BCUT2D eigenvalue weighted by atomic mass is 10.1. The lowest BCUT2D eigenvalue weighted by Crippen LogP contribution is -2.47. The van der Waals surface area contributed by atoms with Crippen LogP contribution in [0.4, 0.5) is 4.79 Å². The van der Waals surface area contributed by atoms with Gasteiger partial charge in [-0.1, -0.05) is 19.9 Å². The van der Waals surface area contributed by atoms with Crippen LogP contribution in [0.5, 0.6) is 0 Å². The lowest BCUT2D eigenvalue weighted by Gasteiger charge is -2.21. The Hall–Kier alpha value is -2.46. The molecule has 3 amide bonds. The van der Waals surface area contributed by atoms with Crippen molar-refractivity contribution in [3.05, 3.63) is 29.3 Å². The van der Waals surface area contributed by atoms with Crippen LogP contribution in [0.25, 0.3) is 0 Å². The maximum Gasteiger partial charge on any atom is 0.324 e. The van der Waals surface area contributed by atoms with Crippen molar-refractivity contribution in [3.63, 3.8) is 0 Å². The van der Waals surface area contributed by atoms with Crippen LogP contribution >= 0.6 is 0 Å². The molecule has 3 N–H and O–H groups in total. The summed E-state index contributed by atoms with van der Waals surface area (Å²) >= 11 is 0. The van der Waals surface area contributed by atoms with Crippen molar-refractivity contribution in [2.45, 2.75) is 45.6 Å². The van der Waals surface area contributed by atoms with Gasteiger partial charge in [-0.3, -0.25) is 14.9 Å². The van der Waals surface area contributed by atoms with Crippen molar-refractivity contribution in [1.82, 2.24) is 15.4 Å². The summed E-state index contributed by atoms with van der Waals surface area (Å²) in [7, 11) is -3.97. The number of amides is 3.